The predicted octanol–water partition coefficient (Wildman–Crippen LogP) is 5.44. The van der Waals surface area contributed by atoms with Crippen LogP contribution < -0.4 is 19.7 Å². The Morgan fingerprint density at radius 1 is 1.00 bits per heavy atom. The summed E-state index contributed by atoms with van der Waals surface area (Å²) in [6.07, 6.45) is 1.74. The van der Waals surface area contributed by atoms with Gasteiger partial charge in [0, 0.05) is 0 Å². The maximum atomic E-state index is 13.5. The third kappa shape index (κ3) is 5.78. The quantitative estimate of drug-likeness (QED) is 0.436. The summed E-state index contributed by atoms with van der Waals surface area (Å²) in [6.45, 7) is 3.96. The predicted molar refractivity (Wildman–Crippen MR) is 146 cm³/mol. The summed E-state index contributed by atoms with van der Waals surface area (Å²) in [6, 6.07) is 20.5. The lowest BCUT2D eigenvalue weighted by atomic mass is 10.1. The number of aliphatic imine (C=N–C) groups is 1. The SMILES string of the molecule is COc1ccc(/C=C2\N=C(SCC(=O)Nc3ccccc3OC)N(c3cc(C)cc(C)c3)C2=O)cc1. The fraction of sp³-hybridized carbons (Fsp3) is 0.179. The van der Waals surface area contributed by atoms with E-state index >= 15 is 0 Å². The highest BCUT2D eigenvalue weighted by Crippen LogP contribution is 2.31. The first-order chi connectivity index (χ1) is 17.4. The van der Waals surface area contributed by atoms with Crippen molar-refractivity contribution in [2.45, 2.75) is 13.8 Å². The molecule has 1 aliphatic heterocycles. The minimum Gasteiger partial charge on any atom is -0.497 e. The number of ether oxygens (including phenoxy) is 2. The highest BCUT2D eigenvalue weighted by Gasteiger charge is 2.32. The molecule has 8 heteroatoms. The summed E-state index contributed by atoms with van der Waals surface area (Å²) in [5.41, 5.74) is 4.48. The number of carbonyl (C=O) groups is 2. The van der Waals surface area contributed by atoms with E-state index in [0.29, 0.717) is 28.0 Å². The molecule has 0 aliphatic carbocycles. The van der Waals surface area contributed by atoms with E-state index in [1.807, 2.05) is 68.4 Å². The molecule has 4 rings (SSSR count). The van der Waals surface area contributed by atoms with E-state index in [1.54, 1.807) is 37.3 Å². The van der Waals surface area contributed by atoms with Crippen molar-refractivity contribution in [2.75, 3.05) is 30.2 Å². The molecule has 0 bridgehead atoms. The van der Waals surface area contributed by atoms with Crippen LogP contribution in [-0.4, -0.2) is 37.0 Å². The molecule has 3 aromatic carbocycles. The fourth-order valence-electron chi connectivity index (χ4n) is 3.82. The highest BCUT2D eigenvalue weighted by atomic mass is 32.2. The first kappa shape index (κ1) is 25.1. The zero-order valence-corrected chi connectivity index (χ0v) is 21.4. The van der Waals surface area contributed by atoms with Crippen molar-refractivity contribution >= 4 is 46.2 Å². The minimum atomic E-state index is -0.247. The second-order valence-electron chi connectivity index (χ2n) is 8.22. The monoisotopic (exact) mass is 501 g/mol. The summed E-state index contributed by atoms with van der Waals surface area (Å²) in [5.74, 6) is 0.899. The summed E-state index contributed by atoms with van der Waals surface area (Å²) in [5, 5.41) is 3.31. The number of nitrogens with zero attached hydrogens (tertiary/aromatic N) is 2. The average Bonchev–Trinajstić information content (AvgIpc) is 3.17. The smallest absolute Gasteiger partial charge is 0.283 e. The van der Waals surface area contributed by atoms with Crippen LogP contribution in [0.4, 0.5) is 11.4 Å². The molecular formula is C28H27N3O4S. The molecule has 0 saturated heterocycles. The number of nitrogens with one attached hydrogen (secondary N) is 1. The Morgan fingerprint density at radius 2 is 1.69 bits per heavy atom. The van der Waals surface area contributed by atoms with Crippen LogP contribution in [0.25, 0.3) is 6.08 Å². The molecule has 0 saturated carbocycles. The molecular weight excluding hydrogens is 474 g/mol. The third-order valence-electron chi connectivity index (χ3n) is 5.43. The van der Waals surface area contributed by atoms with Crippen LogP contribution in [0.2, 0.25) is 0 Å². The van der Waals surface area contributed by atoms with Gasteiger partial charge in [-0.1, -0.05) is 42.1 Å². The van der Waals surface area contributed by atoms with Gasteiger partial charge in [0.2, 0.25) is 5.91 Å². The van der Waals surface area contributed by atoms with Gasteiger partial charge in [0.05, 0.1) is 31.3 Å². The minimum absolute atomic E-state index is 0.0707. The zero-order chi connectivity index (χ0) is 25.7. The van der Waals surface area contributed by atoms with Gasteiger partial charge in [-0.05, 0) is 73.0 Å². The van der Waals surface area contributed by atoms with Crippen LogP contribution >= 0.6 is 11.8 Å². The average molecular weight is 502 g/mol. The number of methoxy groups -OCH3 is 2. The molecule has 0 atom stereocenters. The van der Waals surface area contributed by atoms with Crippen molar-refractivity contribution in [1.29, 1.82) is 0 Å². The Balaban J connectivity index is 1.60. The fourth-order valence-corrected chi connectivity index (χ4v) is 4.64. The van der Waals surface area contributed by atoms with Crippen LogP contribution in [0.3, 0.4) is 0 Å². The maximum absolute atomic E-state index is 13.5. The summed E-state index contributed by atoms with van der Waals surface area (Å²) < 4.78 is 10.5. The molecule has 184 valence electrons. The second kappa shape index (κ2) is 11.1. The van der Waals surface area contributed by atoms with E-state index < -0.39 is 0 Å². The van der Waals surface area contributed by atoms with E-state index in [2.05, 4.69) is 10.3 Å². The van der Waals surface area contributed by atoms with Crippen LogP contribution in [0.15, 0.2) is 77.4 Å². The molecule has 0 spiro atoms. The molecule has 3 aromatic rings. The first-order valence-electron chi connectivity index (χ1n) is 11.3. The Morgan fingerprint density at radius 3 is 2.36 bits per heavy atom. The number of amides is 2. The van der Waals surface area contributed by atoms with Crippen molar-refractivity contribution in [1.82, 2.24) is 0 Å². The largest absolute Gasteiger partial charge is 0.497 e. The summed E-state index contributed by atoms with van der Waals surface area (Å²) in [4.78, 5) is 32.4. The molecule has 0 fully saturated rings. The Hall–Kier alpha value is -4.04. The Kier molecular flexibility index (Phi) is 7.75. The Bertz CT molecular complexity index is 1330. The van der Waals surface area contributed by atoms with Gasteiger partial charge < -0.3 is 14.8 Å². The third-order valence-corrected chi connectivity index (χ3v) is 6.37. The standard InChI is InChI=1S/C28H27N3O4S/c1-18-13-19(2)15-21(14-18)31-27(33)24(16-20-9-11-22(34-3)12-10-20)30-28(31)36-17-26(32)29-23-7-5-6-8-25(23)35-4/h5-16H,17H2,1-4H3,(H,29,32)/b24-16-. The normalized spacial score (nSPS) is 14.1. The number of aryl methyl sites for hydroxylation is 2. The van der Waals surface area contributed by atoms with Gasteiger partial charge in [-0.2, -0.15) is 0 Å². The van der Waals surface area contributed by atoms with Crippen molar-refractivity contribution < 1.29 is 19.1 Å². The van der Waals surface area contributed by atoms with Crippen LogP contribution in [0.1, 0.15) is 16.7 Å². The topological polar surface area (TPSA) is 80.2 Å². The number of hydrogen-bond donors (Lipinski definition) is 1. The number of rotatable bonds is 7. The van der Waals surface area contributed by atoms with Gasteiger partial charge in [0.25, 0.3) is 5.91 Å². The van der Waals surface area contributed by atoms with E-state index in [9.17, 15) is 9.59 Å². The second-order valence-corrected chi connectivity index (χ2v) is 9.16. The van der Waals surface area contributed by atoms with Gasteiger partial charge in [-0.25, -0.2) is 4.99 Å². The number of amidine groups is 1. The first-order valence-corrected chi connectivity index (χ1v) is 12.3. The van der Waals surface area contributed by atoms with Crippen molar-refractivity contribution in [2.24, 2.45) is 4.99 Å². The highest BCUT2D eigenvalue weighted by molar-refractivity contribution is 8.14. The van der Waals surface area contributed by atoms with E-state index in [-0.39, 0.29) is 17.6 Å². The molecule has 0 aromatic heterocycles. The van der Waals surface area contributed by atoms with Gasteiger partial charge in [-0.3, -0.25) is 14.5 Å². The van der Waals surface area contributed by atoms with Crippen LogP contribution in [0, 0.1) is 13.8 Å². The molecule has 1 heterocycles. The summed E-state index contributed by atoms with van der Waals surface area (Å²) >= 11 is 1.21. The molecule has 1 N–H and O–H groups in total. The number of thioether (sulfide) groups is 1. The number of carbonyl (C=O) groups excluding carboxylic acids is 2. The van der Waals surface area contributed by atoms with E-state index in [1.165, 1.54) is 11.8 Å². The summed E-state index contributed by atoms with van der Waals surface area (Å²) in [7, 11) is 3.16. The lowest BCUT2D eigenvalue weighted by molar-refractivity contribution is -0.114. The number of benzene rings is 3. The van der Waals surface area contributed by atoms with Crippen molar-refractivity contribution in [3.05, 3.63) is 89.1 Å². The Labute approximate surface area is 214 Å². The molecule has 1 aliphatic rings. The molecule has 0 radical (unpaired) electrons. The van der Waals surface area contributed by atoms with Crippen molar-refractivity contribution in [3.8, 4) is 11.5 Å². The molecule has 0 unspecified atom stereocenters. The van der Waals surface area contributed by atoms with Gasteiger partial charge in [0.15, 0.2) is 5.17 Å². The number of para-hydroxylation sites is 2. The maximum Gasteiger partial charge on any atom is 0.283 e. The number of anilines is 2. The van der Waals surface area contributed by atoms with Crippen molar-refractivity contribution in [3.63, 3.8) is 0 Å². The van der Waals surface area contributed by atoms with E-state index in [4.69, 9.17) is 9.47 Å². The van der Waals surface area contributed by atoms with Crippen LogP contribution in [-0.2, 0) is 9.59 Å². The molecule has 36 heavy (non-hydrogen) atoms. The van der Waals surface area contributed by atoms with Gasteiger partial charge in [0.1, 0.15) is 17.2 Å². The lowest BCUT2D eigenvalue weighted by Crippen LogP contribution is -2.31. The van der Waals surface area contributed by atoms with Gasteiger partial charge in [-0.15, -0.1) is 0 Å². The number of hydrogen-bond acceptors (Lipinski definition) is 6. The van der Waals surface area contributed by atoms with Crippen LogP contribution in [0.5, 0.6) is 11.5 Å². The van der Waals surface area contributed by atoms with E-state index in [0.717, 1.165) is 22.4 Å². The molecule has 7 nitrogen and oxygen atoms in total. The lowest BCUT2D eigenvalue weighted by Gasteiger charge is -2.19. The van der Waals surface area contributed by atoms with Gasteiger partial charge >= 0.3 is 0 Å². The zero-order valence-electron chi connectivity index (χ0n) is 20.6. The molecule has 2 amide bonds.